The predicted octanol–water partition coefficient (Wildman–Crippen LogP) is 4.15. The average Bonchev–Trinajstić information content (AvgIpc) is 3.32. The van der Waals surface area contributed by atoms with Crippen LogP contribution in [0.25, 0.3) is 5.65 Å². The molecule has 4 heterocycles. The molecule has 1 aliphatic carbocycles. The van der Waals surface area contributed by atoms with Crippen molar-refractivity contribution >= 4 is 11.6 Å². The van der Waals surface area contributed by atoms with E-state index in [-0.39, 0.29) is 31.1 Å². The van der Waals surface area contributed by atoms with Gasteiger partial charge in [-0.3, -0.25) is 9.30 Å². The van der Waals surface area contributed by atoms with E-state index < -0.39 is 23.7 Å². The number of nitrogens with zero attached hydrogens (tertiary/aromatic N) is 6. The summed E-state index contributed by atoms with van der Waals surface area (Å²) in [5.74, 6) is 7.06. The van der Waals surface area contributed by atoms with Crippen LogP contribution in [-0.2, 0) is 10.9 Å². The quantitative estimate of drug-likeness (QED) is 0.424. The van der Waals surface area contributed by atoms with E-state index in [0.29, 0.717) is 0 Å². The largest absolute Gasteiger partial charge is 0.469 e. The van der Waals surface area contributed by atoms with Crippen molar-refractivity contribution in [2.45, 2.75) is 63.8 Å². The Morgan fingerprint density at radius 3 is 2.74 bits per heavy atom. The van der Waals surface area contributed by atoms with Gasteiger partial charge >= 0.3 is 6.18 Å². The number of nitrogens with one attached hydrogen (secondary N) is 1. The highest BCUT2D eigenvalue weighted by Crippen LogP contribution is 2.37. The van der Waals surface area contributed by atoms with Crippen molar-refractivity contribution in [2.24, 2.45) is 0 Å². The maximum Gasteiger partial charge on any atom is 0.423 e. The summed E-state index contributed by atoms with van der Waals surface area (Å²) in [7, 11) is 0. The van der Waals surface area contributed by atoms with E-state index in [1.807, 2.05) is 22.7 Å². The Morgan fingerprint density at radius 1 is 1.21 bits per heavy atom. The van der Waals surface area contributed by atoms with Crippen LogP contribution in [0.2, 0.25) is 0 Å². The van der Waals surface area contributed by atoms with Crippen LogP contribution in [0.3, 0.4) is 0 Å². The van der Waals surface area contributed by atoms with Crippen LogP contribution >= 0.6 is 0 Å². The number of hydrogen-bond acceptors (Lipinski definition) is 8. The first kappa shape index (κ1) is 27.1. The Labute approximate surface area is 225 Å². The third kappa shape index (κ3) is 6.42. The number of ether oxygens (including phenoxy) is 2. The molecular formula is C27H32F3N7O2. The number of aromatic nitrogens is 5. The van der Waals surface area contributed by atoms with E-state index >= 15 is 0 Å². The van der Waals surface area contributed by atoms with Crippen LogP contribution in [0.4, 0.5) is 19.1 Å². The van der Waals surface area contributed by atoms with Crippen molar-refractivity contribution in [3.63, 3.8) is 0 Å². The van der Waals surface area contributed by atoms with Crippen LogP contribution in [0.15, 0.2) is 24.5 Å². The third-order valence-electron chi connectivity index (χ3n) is 7.18. The Hall–Kier alpha value is -3.43. The molecule has 5 rings (SSSR count). The van der Waals surface area contributed by atoms with Crippen molar-refractivity contribution in [1.82, 2.24) is 29.5 Å². The molecule has 0 aromatic carbocycles. The van der Waals surface area contributed by atoms with Crippen LogP contribution < -0.4 is 10.1 Å². The summed E-state index contributed by atoms with van der Waals surface area (Å²) in [4.78, 5) is 10.3. The molecule has 0 bridgehead atoms. The van der Waals surface area contributed by atoms with Crippen LogP contribution in [0, 0.1) is 11.8 Å². The summed E-state index contributed by atoms with van der Waals surface area (Å²) < 4.78 is 52.8. The van der Waals surface area contributed by atoms with Crippen LogP contribution in [-0.4, -0.2) is 74.5 Å². The lowest BCUT2D eigenvalue weighted by atomic mass is 9.85. The van der Waals surface area contributed by atoms with Gasteiger partial charge < -0.3 is 14.8 Å². The highest BCUT2D eigenvalue weighted by atomic mass is 19.4. The van der Waals surface area contributed by atoms with Gasteiger partial charge in [0.2, 0.25) is 11.8 Å². The molecule has 1 aliphatic heterocycles. The van der Waals surface area contributed by atoms with Gasteiger partial charge in [-0.15, -0.1) is 10.2 Å². The van der Waals surface area contributed by atoms with E-state index in [4.69, 9.17) is 9.47 Å². The molecule has 3 aromatic rings. The summed E-state index contributed by atoms with van der Waals surface area (Å²) in [6.45, 7) is 7.37. The number of pyridine rings is 1. The minimum absolute atomic E-state index is 0.0297. The zero-order chi connectivity index (χ0) is 27.4. The summed E-state index contributed by atoms with van der Waals surface area (Å²) in [6, 6.07) is 3.88. The first-order chi connectivity index (χ1) is 18.8. The van der Waals surface area contributed by atoms with Crippen molar-refractivity contribution in [3.8, 4) is 17.7 Å². The summed E-state index contributed by atoms with van der Waals surface area (Å²) in [6.07, 6.45) is 1.11. The first-order valence-corrected chi connectivity index (χ1v) is 13.3. The van der Waals surface area contributed by atoms with E-state index in [1.54, 1.807) is 0 Å². The Kier molecular flexibility index (Phi) is 8.18. The van der Waals surface area contributed by atoms with E-state index in [2.05, 4.69) is 56.1 Å². The molecule has 9 nitrogen and oxygen atoms in total. The Morgan fingerprint density at radius 2 is 2.03 bits per heavy atom. The maximum absolute atomic E-state index is 13.5. The van der Waals surface area contributed by atoms with Gasteiger partial charge in [0.25, 0.3) is 0 Å². The molecule has 1 N–H and O–H groups in total. The normalized spacial score (nSPS) is 19.9. The third-order valence-corrected chi connectivity index (χ3v) is 7.18. The lowest BCUT2D eigenvalue weighted by Gasteiger charge is -2.29. The van der Waals surface area contributed by atoms with Gasteiger partial charge in [-0.25, -0.2) is 4.98 Å². The average molecular weight is 544 g/mol. The fourth-order valence-electron chi connectivity index (χ4n) is 4.86. The molecule has 3 aromatic heterocycles. The molecule has 12 heteroatoms. The second-order valence-electron chi connectivity index (χ2n) is 9.86. The van der Waals surface area contributed by atoms with Crippen molar-refractivity contribution in [3.05, 3.63) is 41.5 Å². The lowest BCUT2D eigenvalue weighted by molar-refractivity contribution is -0.142. The lowest BCUT2D eigenvalue weighted by Crippen LogP contribution is -2.39. The second-order valence-corrected chi connectivity index (χ2v) is 9.86. The summed E-state index contributed by atoms with van der Waals surface area (Å²) >= 11 is 0. The van der Waals surface area contributed by atoms with E-state index in [9.17, 15) is 13.2 Å². The Bertz CT molecular complexity index is 1340. The predicted molar refractivity (Wildman–Crippen MR) is 139 cm³/mol. The summed E-state index contributed by atoms with van der Waals surface area (Å²) in [5, 5.41) is 12.1. The number of anilines is 1. The standard InChI is InChI=1S/C27H32F3N7O2/c1-3-36(4-2)11-6-7-18-10-12-37-23(13-18)34-35-24(37)19-8-5-9-20(14-19)32-26-31-15-22(27(28,29)30)25(33-26)39-21-16-38-17-21/h10,12-13,15,19-21H,3-5,8-9,11,14,16-17H2,1-2H3,(H,31,32,33)/t19-,20+/m0/s1. The van der Waals surface area contributed by atoms with Gasteiger partial charge in [-0.1, -0.05) is 32.1 Å². The number of halogens is 3. The first-order valence-electron chi connectivity index (χ1n) is 13.3. The molecule has 2 fully saturated rings. The van der Waals surface area contributed by atoms with E-state index in [0.717, 1.165) is 68.5 Å². The molecule has 2 atom stereocenters. The van der Waals surface area contributed by atoms with Crippen molar-refractivity contribution in [2.75, 3.05) is 38.2 Å². The monoisotopic (exact) mass is 543 g/mol. The maximum atomic E-state index is 13.5. The van der Waals surface area contributed by atoms with Gasteiger partial charge in [-0.2, -0.15) is 18.2 Å². The van der Waals surface area contributed by atoms with Crippen molar-refractivity contribution in [1.29, 1.82) is 0 Å². The SMILES string of the molecule is CCN(CC)CC#Cc1ccn2c([C@H]3CCC[C@@H](Nc4ncc(C(F)(F)F)c(OC5COC5)n4)C3)nnc2c1. The molecule has 208 valence electrons. The second kappa shape index (κ2) is 11.8. The molecule has 0 amide bonds. The number of alkyl halides is 3. The smallest absolute Gasteiger partial charge is 0.423 e. The fourth-order valence-corrected chi connectivity index (χ4v) is 4.86. The number of fused-ring (bicyclic) bond motifs is 1. The van der Waals surface area contributed by atoms with E-state index in [1.165, 1.54) is 0 Å². The molecule has 1 saturated heterocycles. The molecule has 0 unspecified atom stereocenters. The fraction of sp³-hybridized carbons (Fsp3) is 0.556. The van der Waals surface area contributed by atoms with Crippen molar-refractivity contribution < 1.29 is 22.6 Å². The topological polar surface area (TPSA) is 89.7 Å². The molecule has 0 spiro atoms. The Balaban J connectivity index is 1.27. The minimum Gasteiger partial charge on any atom is -0.469 e. The van der Waals surface area contributed by atoms with Gasteiger partial charge in [0, 0.05) is 29.9 Å². The van der Waals surface area contributed by atoms with Crippen LogP contribution in [0.1, 0.15) is 62.4 Å². The van der Waals surface area contributed by atoms with Gasteiger partial charge in [0.05, 0.1) is 19.8 Å². The van der Waals surface area contributed by atoms with Gasteiger partial charge in [0.1, 0.15) is 17.5 Å². The number of hydrogen-bond donors (Lipinski definition) is 1. The van der Waals surface area contributed by atoms with Gasteiger partial charge in [0.15, 0.2) is 5.65 Å². The molecule has 39 heavy (non-hydrogen) atoms. The summed E-state index contributed by atoms with van der Waals surface area (Å²) in [5.41, 5.74) is 0.638. The minimum atomic E-state index is -4.61. The van der Waals surface area contributed by atoms with Crippen LogP contribution in [0.5, 0.6) is 5.88 Å². The van der Waals surface area contributed by atoms with Gasteiger partial charge in [-0.05, 0) is 44.5 Å². The zero-order valence-electron chi connectivity index (χ0n) is 22.0. The highest BCUT2D eigenvalue weighted by molar-refractivity contribution is 5.48. The molecule has 1 saturated carbocycles. The molecular weight excluding hydrogens is 511 g/mol. The zero-order valence-corrected chi connectivity index (χ0v) is 22.0. The number of rotatable bonds is 8. The molecule has 2 aliphatic rings. The molecule has 0 radical (unpaired) electrons. The highest BCUT2D eigenvalue weighted by Gasteiger charge is 2.38.